The van der Waals surface area contributed by atoms with E-state index in [2.05, 4.69) is 113 Å². The maximum atomic E-state index is 5.38. The topological polar surface area (TPSA) is 294 Å². The fraction of sp³-hybridized carbons (Fsp3) is 0.408. The average molecular weight is 1840 g/mol. The van der Waals surface area contributed by atoms with Gasteiger partial charge < -0.3 is 147 Å². The van der Waals surface area contributed by atoms with Gasteiger partial charge in [-0.3, -0.25) is 0 Å². The Hall–Kier alpha value is -7.02. The zero-order valence-electron chi connectivity index (χ0n) is 64.7. The monoisotopic (exact) mass is 1840 g/mol. The molecule has 5 aromatic rings. The molecule has 0 unspecified atom stereocenters. The maximum absolute atomic E-state index is 5.38. The number of fused-ring (bicyclic) bond motifs is 1. The fourth-order valence-corrected chi connectivity index (χ4v) is 10.4. The van der Waals surface area contributed by atoms with Crippen LogP contribution in [0.2, 0.25) is 0 Å². The molecule has 4 N–H and O–H groups in total. The number of hydrogen-bond acceptors (Lipinski definition) is 27. The van der Waals surface area contributed by atoms with E-state index < -0.39 is 0 Å². The van der Waals surface area contributed by atoms with Crippen molar-refractivity contribution in [2.24, 2.45) is 81.6 Å². The molecule has 1 heterocycles. The summed E-state index contributed by atoms with van der Waals surface area (Å²) >= 11 is 41.7. The summed E-state index contributed by atoms with van der Waals surface area (Å²) in [5.74, 6) is 1.13. The maximum Gasteiger partial charge on any atom is 2.00 e. The first-order valence-electron chi connectivity index (χ1n) is 34.4. The third-order valence-electron chi connectivity index (χ3n) is 14.2. The minimum Gasteiger partial charge on any atom is -0.741 e. The third-order valence-corrected chi connectivity index (χ3v) is 16.4. The van der Waals surface area contributed by atoms with Crippen LogP contribution in [0.15, 0.2) is 197 Å². The molecule has 0 atom stereocenters. The van der Waals surface area contributed by atoms with Crippen LogP contribution in [-0.4, -0.2) is 202 Å². The van der Waals surface area contributed by atoms with Crippen molar-refractivity contribution in [2.75, 3.05) is 85.6 Å². The molecule has 5 rings (SSSR count). The predicted molar refractivity (Wildman–Crippen MR) is 469 cm³/mol. The zero-order valence-corrected chi connectivity index (χ0v) is 75.0. The number of benzene rings is 4. The summed E-state index contributed by atoms with van der Waals surface area (Å²) in [6, 6.07) is 33.0. The standard InChI is InChI=1S/C20H32N6OS2.C19H24N6S2.C19H30N6S2.C13H20N8S2.4Cu/c1-7-25(8-2)19(28)23-21-15(5)18(16-11-13-17(27-6)14-12-16)22-24-20(29)26(9-3)10-4;1-4-20-18(26)24-22-13(3)17(23-25-19(27)21-5-2)16-12-8-10-14-9-6-7-11-15(14)16;1-6-24(7-2)18(26)22-20-15(5)17(16-13-11-10-12-14-16)21-23-19(27)25(8-3)9-4;1-4-14-12(22)20-18-9(3)10(11-16-7-6-8-17-11)19-21-13(23)15-5-2;;;;/h11-14H,7-10H2,1-6H3,(H,23,28)(H,24,29);6-12H,4-5H2,1-3H3,(H2,20,24,26)(H2,21,25,27);10-14H,6-9H2,1-5H3,(H,22,26)(H,23,27);6-8H,4-5H2,1-3H3,(H2,14,20,22)(H2,15,21,23);;;;/q;;;;4*+2/p-8. The van der Waals surface area contributed by atoms with Crippen LogP contribution in [0.1, 0.15) is 133 Å². The first kappa shape index (κ1) is 107. The van der Waals surface area contributed by atoms with Gasteiger partial charge in [-0.15, -0.1) is 20.4 Å². The summed E-state index contributed by atoms with van der Waals surface area (Å²) in [4.78, 5) is 16.1. The van der Waals surface area contributed by atoms with Crippen LogP contribution in [0.4, 0.5) is 0 Å². The van der Waals surface area contributed by atoms with Crippen molar-refractivity contribution in [3.8, 4) is 5.75 Å². The normalized spacial score (nSPS) is 13.2. The second-order valence-electron chi connectivity index (χ2n) is 21.2. The number of rotatable bonds is 29. The van der Waals surface area contributed by atoms with E-state index in [1.807, 2.05) is 221 Å². The molecule has 39 heteroatoms. The van der Waals surface area contributed by atoms with E-state index in [-0.39, 0.29) is 73.4 Å². The van der Waals surface area contributed by atoms with Crippen molar-refractivity contribution in [1.82, 2.24) is 50.8 Å². The number of ether oxygens (including phenoxy) is 1. The van der Waals surface area contributed by atoms with Gasteiger partial charge >= 0.3 is 68.3 Å². The van der Waals surface area contributed by atoms with Crippen molar-refractivity contribution < 1.29 is 73.0 Å². The van der Waals surface area contributed by atoms with Crippen LogP contribution in [0.5, 0.6) is 5.75 Å². The smallest absolute Gasteiger partial charge is 0.741 e. The second kappa shape index (κ2) is 63.5. The van der Waals surface area contributed by atoms with Gasteiger partial charge in [-0.1, -0.05) is 72.8 Å². The minimum absolute atomic E-state index is 0. The van der Waals surface area contributed by atoms with E-state index in [1.165, 1.54) is 0 Å². The van der Waals surface area contributed by atoms with E-state index in [0.717, 1.165) is 85.6 Å². The Morgan fingerprint density at radius 1 is 0.327 bits per heavy atom. The number of aromatic nitrogens is 2. The Bertz CT molecular complexity index is 3990. The Morgan fingerprint density at radius 3 is 1.00 bits per heavy atom. The minimum atomic E-state index is 0. The largest absolute Gasteiger partial charge is 2.00 e. The summed E-state index contributed by atoms with van der Waals surface area (Å²) in [5.41, 5.74) is 7.08. The van der Waals surface area contributed by atoms with Gasteiger partial charge in [-0.25, -0.2) is 9.97 Å². The van der Waals surface area contributed by atoms with Crippen molar-refractivity contribution in [3.05, 3.63) is 138 Å². The summed E-state index contributed by atoms with van der Waals surface area (Å²) in [6.07, 6.45) is 3.21. The van der Waals surface area contributed by atoms with E-state index in [9.17, 15) is 0 Å². The van der Waals surface area contributed by atoms with Crippen molar-refractivity contribution in [1.29, 1.82) is 0 Å². The van der Waals surface area contributed by atoms with E-state index in [1.54, 1.807) is 32.5 Å². The van der Waals surface area contributed by atoms with Gasteiger partial charge in [0.1, 0.15) is 22.9 Å². The summed E-state index contributed by atoms with van der Waals surface area (Å²) in [6.45, 7) is 40.2. The van der Waals surface area contributed by atoms with Crippen LogP contribution in [0.25, 0.3) is 10.8 Å². The van der Waals surface area contributed by atoms with Gasteiger partial charge in [0.2, 0.25) is 0 Å². The molecule has 0 saturated carbocycles. The molecule has 0 fully saturated rings. The average Bonchev–Trinajstić information content (AvgIpc) is 0.804. The van der Waals surface area contributed by atoms with Gasteiger partial charge in [0.05, 0.1) is 30.0 Å². The number of methoxy groups -OCH3 is 1. The molecule has 0 amide bonds. The molecule has 0 spiro atoms. The third kappa shape index (κ3) is 40.4. The van der Waals surface area contributed by atoms with Gasteiger partial charge in [0, 0.05) is 128 Å². The molecular formula is C71H98Cu4N26OS8. The number of hydrogen-bond donors (Lipinski definition) is 4. The quantitative estimate of drug-likeness (QED) is 0.0114. The van der Waals surface area contributed by atoms with Crippen molar-refractivity contribution >= 4 is 199 Å². The van der Waals surface area contributed by atoms with E-state index >= 15 is 0 Å². The molecule has 1 aromatic heterocycles. The Balaban J connectivity index is -0.00000137. The Labute approximate surface area is 737 Å². The fourth-order valence-electron chi connectivity index (χ4n) is 8.49. The second-order valence-corrected chi connectivity index (χ2v) is 24.2. The molecule has 4 aromatic carbocycles. The molecule has 4 radical (unpaired) electrons. The van der Waals surface area contributed by atoms with Gasteiger partial charge in [-0.05, 0) is 173 Å². The van der Waals surface area contributed by atoms with Gasteiger partial charge in [-0.2, -0.15) is 61.2 Å². The zero-order chi connectivity index (χ0) is 78.8. The predicted octanol–water partition coefficient (Wildman–Crippen LogP) is 10.0. The summed E-state index contributed by atoms with van der Waals surface area (Å²) in [5, 5.41) is 83.8. The molecular weight excluding hydrogens is 1740 g/mol. The molecule has 0 aliphatic rings. The van der Waals surface area contributed by atoms with Crippen LogP contribution in [-0.2, 0) is 169 Å². The first-order valence-corrected chi connectivity index (χ1v) is 37.7. The Morgan fingerprint density at radius 2 is 0.627 bits per heavy atom. The molecule has 0 saturated heterocycles. The SMILES string of the molecule is CCN(CC)C([S-])=NN=C(C)C(=NN=C([S-])N(CC)CC)c1ccc(OC)cc1.CCN(CC)C([S-])=NN=C(C)C(=NN=C([S-])N(CC)CC)c1ccccc1.CCNC([S-])=NN=C(C)C(=NN=C([S-])NCC)c1cccc2ccccc12.CCNC([S-])=NN=C(C)C(=NN=C([S-])NCC)c1ncccn1.[Cu+2].[Cu+2].[Cu+2].[Cu+2]. The van der Waals surface area contributed by atoms with Crippen LogP contribution in [0, 0.1) is 0 Å². The summed E-state index contributed by atoms with van der Waals surface area (Å²) < 4.78 is 5.24. The van der Waals surface area contributed by atoms with Gasteiger partial charge in [0.25, 0.3) is 0 Å². The molecule has 610 valence electrons. The number of nitrogens with zero attached hydrogens (tertiary/aromatic N) is 22. The molecule has 27 nitrogen and oxygen atoms in total. The van der Waals surface area contributed by atoms with Gasteiger partial charge in [0.15, 0.2) is 11.5 Å². The van der Waals surface area contributed by atoms with E-state index in [4.69, 9.17) is 106 Å². The van der Waals surface area contributed by atoms with Crippen molar-refractivity contribution in [2.45, 2.75) is 111 Å². The molecule has 0 bridgehead atoms. The molecule has 0 aliphatic heterocycles. The van der Waals surface area contributed by atoms with Crippen LogP contribution in [0.3, 0.4) is 0 Å². The van der Waals surface area contributed by atoms with Crippen LogP contribution < -0.4 is 26.0 Å². The number of nitrogens with one attached hydrogen (secondary N) is 4. The van der Waals surface area contributed by atoms with Crippen LogP contribution >= 0.6 is 0 Å². The number of amidine groups is 8. The van der Waals surface area contributed by atoms with Crippen molar-refractivity contribution in [3.63, 3.8) is 0 Å². The first-order chi connectivity index (χ1) is 51.0. The van der Waals surface area contributed by atoms with E-state index in [0.29, 0.717) is 114 Å². The molecule has 110 heavy (non-hydrogen) atoms. The Kier molecular flexibility index (Phi) is 61.8. The molecule has 0 aliphatic carbocycles. The summed E-state index contributed by atoms with van der Waals surface area (Å²) in [7, 11) is 1.63.